The Bertz CT molecular complexity index is 635. The smallest absolute Gasteiger partial charge is 0.328 e. The third kappa shape index (κ3) is 3.41. The Morgan fingerprint density at radius 1 is 1.24 bits per heavy atom. The summed E-state index contributed by atoms with van der Waals surface area (Å²) in [5, 5.41) is 9.59. The van der Waals surface area contributed by atoms with Crippen LogP contribution in [0.4, 0.5) is 0 Å². The fraction of sp³-hybridized carbons (Fsp3) is 0.579. The quantitative estimate of drug-likeness (QED) is 0.904. The number of carbonyl (C=O) groups excluding carboxylic acids is 1. The van der Waals surface area contributed by atoms with E-state index in [-0.39, 0.29) is 12.5 Å². The van der Waals surface area contributed by atoms with E-state index in [1.54, 1.807) is 12.1 Å². The molecule has 0 aliphatic carbocycles. The van der Waals surface area contributed by atoms with Crippen molar-refractivity contribution in [1.29, 1.82) is 0 Å². The highest BCUT2D eigenvalue weighted by Gasteiger charge is 2.53. The number of aryl methyl sites for hydroxylation is 1. The van der Waals surface area contributed by atoms with E-state index >= 15 is 0 Å². The molecule has 1 amide bonds. The van der Waals surface area contributed by atoms with Gasteiger partial charge in [-0.05, 0) is 32.0 Å². The molecule has 2 aliphatic heterocycles. The molecule has 136 valence electrons. The number of ether oxygens (including phenoxy) is 1. The van der Waals surface area contributed by atoms with Gasteiger partial charge in [-0.25, -0.2) is 4.79 Å². The van der Waals surface area contributed by atoms with Crippen molar-refractivity contribution in [2.24, 2.45) is 0 Å². The number of nitrogens with zero attached hydrogens (tertiary/aromatic N) is 2. The van der Waals surface area contributed by atoms with Gasteiger partial charge in [-0.1, -0.05) is 24.6 Å². The molecule has 1 aromatic carbocycles. The van der Waals surface area contributed by atoms with Crippen LogP contribution in [0.1, 0.15) is 42.1 Å². The van der Waals surface area contributed by atoms with Gasteiger partial charge in [-0.2, -0.15) is 0 Å². The lowest BCUT2D eigenvalue weighted by atomic mass is 9.96. The van der Waals surface area contributed by atoms with Gasteiger partial charge in [0.05, 0.1) is 6.61 Å². The van der Waals surface area contributed by atoms with Crippen molar-refractivity contribution in [3.05, 3.63) is 35.4 Å². The third-order valence-electron chi connectivity index (χ3n) is 5.24. The number of carbonyl (C=O) groups is 2. The Hall–Kier alpha value is -1.92. The van der Waals surface area contributed by atoms with Crippen molar-refractivity contribution in [3.8, 4) is 0 Å². The monoisotopic (exact) mass is 346 g/mol. The lowest BCUT2D eigenvalue weighted by Gasteiger charge is -2.44. The second-order valence-electron chi connectivity index (χ2n) is 6.99. The van der Waals surface area contributed by atoms with Crippen LogP contribution in [0.5, 0.6) is 0 Å². The Morgan fingerprint density at radius 3 is 2.44 bits per heavy atom. The molecule has 0 aromatic heterocycles. The van der Waals surface area contributed by atoms with Gasteiger partial charge in [-0.3, -0.25) is 9.69 Å². The summed E-state index contributed by atoms with van der Waals surface area (Å²) < 4.78 is 5.96. The summed E-state index contributed by atoms with van der Waals surface area (Å²) in [6.45, 7) is 6.81. The maximum Gasteiger partial charge on any atom is 0.328 e. The second kappa shape index (κ2) is 7.14. The Kier molecular flexibility index (Phi) is 5.11. The van der Waals surface area contributed by atoms with Gasteiger partial charge in [0.2, 0.25) is 0 Å². The van der Waals surface area contributed by atoms with E-state index < -0.39 is 17.7 Å². The first-order chi connectivity index (χ1) is 12.0. The molecule has 6 heteroatoms. The van der Waals surface area contributed by atoms with Crippen molar-refractivity contribution < 1.29 is 19.4 Å². The second-order valence-corrected chi connectivity index (χ2v) is 6.99. The minimum Gasteiger partial charge on any atom is -0.480 e. The maximum absolute atomic E-state index is 13.1. The molecule has 2 saturated heterocycles. The predicted octanol–water partition coefficient (Wildman–Crippen LogP) is 2.12. The van der Waals surface area contributed by atoms with Crippen LogP contribution in [0, 0.1) is 6.92 Å². The molecule has 0 radical (unpaired) electrons. The Labute approximate surface area is 148 Å². The number of carboxylic acids is 1. The molecule has 6 nitrogen and oxygen atoms in total. The van der Waals surface area contributed by atoms with Crippen molar-refractivity contribution in [2.45, 2.75) is 44.9 Å². The van der Waals surface area contributed by atoms with Gasteiger partial charge in [-0.15, -0.1) is 0 Å². The number of likely N-dealkylation sites (tertiary alicyclic amines) is 1. The first kappa shape index (κ1) is 17.9. The number of hydrogen-bond acceptors (Lipinski definition) is 4. The lowest BCUT2D eigenvalue weighted by molar-refractivity contribution is -0.143. The normalized spacial score (nSPS) is 23.1. The minimum atomic E-state index is -1.01. The molecule has 1 atom stereocenters. The SMILES string of the molecule is CCCN1CCC2(CC1)OC[C@H](C(=O)O)N2C(=O)c1ccc(C)cc1. The number of aliphatic carboxylic acids is 1. The van der Waals surface area contributed by atoms with E-state index in [9.17, 15) is 14.7 Å². The van der Waals surface area contributed by atoms with Crippen molar-refractivity contribution in [3.63, 3.8) is 0 Å². The van der Waals surface area contributed by atoms with Crippen molar-refractivity contribution in [1.82, 2.24) is 9.80 Å². The van der Waals surface area contributed by atoms with Gasteiger partial charge in [0, 0.05) is 31.5 Å². The van der Waals surface area contributed by atoms with Crippen LogP contribution in [0.25, 0.3) is 0 Å². The highest BCUT2D eigenvalue weighted by molar-refractivity contribution is 5.97. The van der Waals surface area contributed by atoms with Crippen LogP contribution >= 0.6 is 0 Å². The molecular weight excluding hydrogens is 320 g/mol. The molecule has 1 N–H and O–H groups in total. The fourth-order valence-corrected chi connectivity index (χ4v) is 3.83. The average Bonchev–Trinajstić information content (AvgIpc) is 2.96. The molecule has 0 unspecified atom stereocenters. The first-order valence-electron chi connectivity index (χ1n) is 8.96. The number of carboxylic acid groups (broad SMARTS) is 1. The van der Waals surface area contributed by atoms with Gasteiger partial charge in [0.1, 0.15) is 5.72 Å². The summed E-state index contributed by atoms with van der Waals surface area (Å²) in [6.07, 6.45) is 2.38. The topological polar surface area (TPSA) is 70.1 Å². The number of amides is 1. The molecule has 1 aromatic rings. The predicted molar refractivity (Wildman–Crippen MR) is 93.4 cm³/mol. The van der Waals surface area contributed by atoms with Crippen LogP contribution < -0.4 is 0 Å². The van der Waals surface area contributed by atoms with Gasteiger partial charge >= 0.3 is 5.97 Å². The zero-order valence-electron chi connectivity index (χ0n) is 14.9. The molecule has 2 fully saturated rings. The van der Waals surface area contributed by atoms with Gasteiger partial charge in [0.25, 0.3) is 5.91 Å². The van der Waals surface area contributed by atoms with Gasteiger partial charge < -0.3 is 14.7 Å². The molecule has 3 rings (SSSR count). The zero-order chi connectivity index (χ0) is 18.0. The number of rotatable bonds is 4. The number of hydrogen-bond donors (Lipinski definition) is 1. The van der Waals surface area contributed by atoms with E-state index in [0.29, 0.717) is 18.4 Å². The summed E-state index contributed by atoms with van der Waals surface area (Å²) >= 11 is 0. The lowest BCUT2D eigenvalue weighted by Crippen LogP contribution is -2.58. The van der Waals surface area contributed by atoms with E-state index in [4.69, 9.17) is 4.74 Å². The van der Waals surface area contributed by atoms with Gasteiger partial charge in [0.15, 0.2) is 6.04 Å². The number of piperidine rings is 1. The summed E-state index contributed by atoms with van der Waals surface area (Å²) in [5.74, 6) is -1.26. The van der Waals surface area contributed by atoms with Crippen LogP contribution in [-0.4, -0.2) is 64.8 Å². The summed E-state index contributed by atoms with van der Waals surface area (Å²) in [6, 6.07) is 6.34. The van der Waals surface area contributed by atoms with E-state index in [2.05, 4.69) is 11.8 Å². The fourth-order valence-electron chi connectivity index (χ4n) is 3.83. The first-order valence-corrected chi connectivity index (χ1v) is 8.96. The van der Waals surface area contributed by atoms with Crippen molar-refractivity contribution in [2.75, 3.05) is 26.2 Å². The average molecular weight is 346 g/mol. The molecule has 0 saturated carbocycles. The molecule has 2 heterocycles. The highest BCUT2D eigenvalue weighted by Crippen LogP contribution is 2.38. The zero-order valence-corrected chi connectivity index (χ0v) is 14.9. The van der Waals surface area contributed by atoms with Crippen LogP contribution in [0.15, 0.2) is 24.3 Å². The maximum atomic E-state index is 13.1. The van der Waals surface area contributed by atoms with Crippen LogP contribution in [0.3, 0.4) is 0 Å². The minimum absolute atomic E-state index is 0.0563. The van der Waals surface area contributed by atoms with E-state index in [1.807, 2.05) is 19.1 Å². The summed E-state index contributed by atoms with van der Waals surface area (Å²) in [5.41, 5.74) is 0.777. The third-order valence-corrected chi connectivity index (χ3v) is 5.24. The molecule has 25 heavy (non-hydrogen) atoms. The van der Waals surface area contributed by atoms with Crippen molar-refractivity contribution >= 4 is 11.9 Å². The van der Waals surface area contributed by atoms with Crippen LogP contribution in [0.2, 0.25) is 0 Å². The molecule has 1 spiro atoms. The Morgan fingerprint density at radius 2 is 1.88 bits per heavy atom. The largest absolute Gasteiger partial charge is 0.480 e. The van der Waals surface area contributed by atoms with E-state index in [1.165, 1.54) is 4.90 Å². The van der Waals surface area contributed by atoms with E-state index in [0.717, 1.165) is 31.6 Å². The molecular formula is C19H26N2O4. The molecule has 0 bridgehead atoms. The standard InChI is InChI=1S/C19H26N2O4/c1-3-10-20-11-8-19(9-12-20)21(16(13-25-19)18(23)24)17(22)15-6-4-14(2)5-7-15/h4-7,16H,3,8-13H2,1-2H3,(H,23,24)/t16-/m1/s1. The summed E-state index contributed by atoms with van der Waals surface area (Å²) in [7, 11) is 0. The number of benzene rings is 1. The summed E-state index contributed by atoms with van der Waals surface area (Å²) in [4.78, 5) is 28.7. The molecule has 2 aliphatic rings. The van der Waals surface area contributed by atoms with Crippen LogP contribution in [-0.2, 0) is 9.53 Å². The Balaban J connectivity index is 1.87. The highest BCUT2D eigenvalue weighted by atomic mass is 16.5.